The molecule has 2 heterocycles. The lowest BCUT2D eigenvalue weighted by molar-refractivity contribution is 0.0597. The first-order chi connectivity index (χ1) is 13.2. The van der Waals surface area contributed by atoms with Gasteiger partial charge in [-0.3, -0.25) is 8.61 Å². The predicted octanol–water partition coefficient (Wildman–Crippen LogP) is 3.78. The maximum absolute atomic E-state index is 12.4. The van der Waals surface area contributed by atoms with Gasteiger partial charge >= 0.3 is 5.97 Å². The third kappa shape index (κ3) is 4.39. The zero-order valence-corrected chi connectivity index (χ0v) is 16.9. The van der Waals surface area contributed by atoms with Crippen LogP contribution in [0.25, 0.3) is 17.0 Å². The van der Waals surface area contributed by atoms with E-state index in [4.69, 9.17) is 9.72 Å². The van der Waals surface area contributed by atoms with Crippen molar-refractivity contribution in [2.75, 3.05) is 17.9 Å². The SMILES string of the molecule is CCCCS(=O)CSc1nc(-c2ccccc2)n2ccnc2c1C(=O)OC. The molecule has 1 unspecified atom stereocenters. The number of carbonyl (C=O) groups excluding carboxylic acids is 1. The number of hydrogen-bond acceptors (Lipinski definition) is 6. The molecule has 0 radical (unpaired) electrons. The van der Waals surface area contributed by atoms with Crippen molar-refractivity contribution in [2.24, 2.45) is 0 Å². The third-order valence-corrected chi connectivity index (χ3v) is 6.82. The number of aromatic nitrogens is 3. The Morgan fingerprint density at radius 3 is 2.78 bits per heavy atom. The molecule has 0 aliphatic carbocycles. The molecule has 0 saturated heterocycles. The van der Waals surface area contributed by atoms with Crippen molar-refractivity contribution >= 4 is 34.2 Å². The number of methoxy groups -OCH3 is 1. The summed E-state index contributed by atoms with van der Waals surface area (Å²) in [5.74, 6) is 0.826. The average molecular weight is 404 g/mol. The monoisotopic (exact) mass is 403 g/mol. The number of thioether (sulfide) groups is 1. The summed E-state index contributed by atoms with van der Waals surface area (Å²) in [6.45, 7) is 2.07. The second-order valence-electron chi connectivity index (χ2n) is 5.85. The van der Waals surface area contributed by atoms with Crippen LogP contribution in [-0.4, -0.2) is 42.5 Å². The van der Waals surface area contributed by atoms with Crippen molar-refractivity contribution in [2.45, 2.75) is 24.8 Å². The van der Waals surface area contributed by atoms with Crippen LogP contribution in [0.3, 0.4) is 0 Å². The van der Waals surface area contributed by atoms with E-state index in [2.05, 4.69) is 11.9 Å². The molecule has 8 heteroatoms. The van der Waals surface area contributed by atoms with Gasteiger partial charge in [-0.15, -0.1) is 0 Å². The molecular weight excluding hydrogens is 382 g/mol. The van der Waals surface area contributed by atoms with Gasteiger partial charge in [0.15, 0.2) is 5.65 Å². The smallest absolute Gasteiger partial charge is 0.344 e. The van der Waals surface area contributed by atoms with E-state index in [-0.39, 0.29) is 0 Å². The fourth-order valence-electron chi connectivity index (χ4n) is 2.62. The molecule has 3 rings (SSSR count). The van der Waals surface area contributed by atoms with Gasteiger partial charge in [0.1, 0.15) is 16.4 Å². The van der Waals surface area contributed by atoms with Gasteiger partial charge in [0, 0.05) is 34.5 Å². The van der Waals surface area contributed by atoms with Gasteiger partial charge in [-0.05, 0) is 6.42 Å². The Bertz CT molecular complexity index is 957. The highest BCUT2D eigenvalue weighted by Crippen LogP contribution is 2.29. The fraction of sp³-hybridized carbons (Fsp3) is 0.316. The van der Waals surface area contributed by atoms with Crippen LogP contribution in [0, 0.1) is 0 Å². The number of rotatable bonds is 8. The van der Waals surface area contributed by atoms with E-state index in [0.29, 0.717) is 32.9 Å². The van der Waals surface area contributed by atoms with Crippen molar-refractivity contribution in [3.63, 3.8) is 0 Å². The molecule has 27 heavy (non-hydrogen) atoms. The Labute approximate surface area is 164 Å². The summed E-state index contributed by atoms with van der Waals surface area (Å²) < 4.78 is 18.9. The van der Waals surface area contributed by atoms with Crippen molar-refractivity contribution in [3.05, 3.63) is 48.3 Å². The quantitative estimate of drug-likeness (QED) is 0.324. The minimum absolute atomic E-state index is 0.305. The number of nitrogens with zero attached hydrogens (tertiary/aromatic N) is 3. The first-order valence-electron chi connectivity index (χ1n) is 8.64. The first-order valence-corrected chi connectivity index (χ1v) is 11.1. The number of unbranched alkanes of at least 4 members (excludes halogenated alkanes) is 1. The molecule has 0 aliphatic heterocycles. The van der Waals surface area contributed by atoms with Gasteiger partial charge in [-0.25, -0.2) is 14.8 Å². The molecular formula is C19H21N3O3S2. The van der Waals surface area contributed by atoms with Gasteiger partial charge in [-0.1, -0.05) is 55.4 Å². The Kier molecular flexibility index (Phi) is 6.63. The number of fused-ring (bicyclic) bond motifs is 1. The van der Waals surface area contributed by atoms with Crippen molar-refractivity contribution in [1.29, 1.82) is 0 Å². The highest BCUT2D eigenvalue weighted by Gasteiger charge is 2.23. The number of carbonyl (C=O) groups is 1. The Morgan fingerprint density at radius 2 is 2.07 bits per heavy atom. The molecule has 6 nitrogen and oxygen atoms in total. The van der Waals surface area contributed by atoms with Crippen LogP contribution < -0.4 is 0 Å². The first kappa shape index (κ1) is 19.6. The molecule has 2 aromatic heterocycles. The molecule has 0 bridgehead atoms. The zero-order valence-electron chi connectivity index (χ0n) is 15.3. The van der Waals surface area contributed by atoms with E-state index < -0.39 is 16.8 Å². The second kappa shape index (κ2) is 9.14. The van der Waals surface area contributed by atoms with Crippen molar-refractivity contribution in [3.8, 4) is 11.4 Å². The summed E-state index contributed by atoms with van der Waals surface area (Å²) in [5.41, 5.74) is 1.70. The summed E-state index contributed by atoms with van der Waals surface area (Å²) >= 11 is 1.31. The number of esters is 1. The minimum Gasteiger partial charge on any atom is -0.465 e. The number of benzene rings is 1. The lowest BCUT2D eigenvalue weighted by Gasteiger charge is -2.12. The molecule has 0 spiro atoms. The predicted molar refractivity (Wildman–Crippen MR) is 108 cm³/mol. The topological polar surface area (TPSA) is 73.6 Å². The van der Waals surface area contributed by atoms with Gasteiger partial charge < -0.3 is 4.74 Å². The van der Waals surface area contributed by atoms with Crippen molar-refractivity contribution in [1.82, 2.24) is 14.4 Å². The molecule has 1 aromatic carbocycles. The standard InChI is InChI=1S/C19H21N3O3S2/c1-3-4-12-27(24)13-26-18-15(19(23)25-2)17-20-10-11-22(17)16(21-18)14-8-6-5-7-9-14/h5-11H,3-4,12-13H2,1-2H3. The van der Waals surface area contributed by atoms with E-state index in [1.807, 2.05) is 30.3 Å². The van der Waals surface area contributed by atoms with Crippen LogP contribution in [0.15, 0.2) is 47.8 Å². The van der Waals surface area contributed by atoms with Crippen LogP contribution in [0.2, 0.25) is 0 Å². The Balaban J connectivity index is 2.06. The Morgan fingerprint density at radius 1 is 1.30 bits per heavy atom. The van der Waals surface area contributed by atoms with E-state index in [1.165, 1.54) is 18.9 Å². The summed E-state index contributed by atoms with van der Waals surface area (Å²) in [6.07, 6.45) is 5.31. The molecule has 1 atom stereocenters. The third-order valence-electron chi connectivity index (χ3n) is 3.99. The van der Waals surface area contributed by atoms with Gasteiger partial charge in [0.2, 0.25) is 0 Å². The van der Waals surface area contributed by atoms with E-state index in [9.17, 15) is 9.00 Å². The van der Waals surface area contributed by atoms with Crippen LogP contribution in [-0.2, 0) is 15.5 Å². The molecule has 0 N–H and O–H groups in total. The molecule has 3 aromatic rings. The second-order valence-corrected chi connectivity index (χ2v) is 8.76. The fourth-order valence-corrected chi connectivity index (χ4v) is 5.15. The van der Waals surface area contributed by atoms with Crippen LogP contribution in [0.1, 0.15) is 30.1 Å². The minimum atomic E-state index is -0.975. The zero-order chi connectivity index (χ0) is 19.2. The highest BCUT2D eigenvalue weighted by atomic mass is 32.2. The molecule has 0 aliphatic rings. The maximum Gasteiger partial charge on any atom is 0.344 e. The van der Waals surface area contributed by atoms with Gasteiger partial charge in [0.05, 0.1) is 12.2 Å². The lowest BCUT2D eigenvalue weighted by atomic mass is 10.2. The number of ether oxygens (including phenoxy) is 1. The number of imidazole rings is 1. The largest absolute Gasteiger partial charge is 0.465 e. The highest BCUT2D eigenvalue weighted by molar-refractivity contribution is 8.10. The maximum atomic E-state index is 12.4. The van der Waals surface area contributed by atoms with Crippen LogP contribution in [0.4, 0.5) is 0 Å². The summed E-state index contributed by atoms with van der Waals surface area (Å²) in [5, 5.41) is 0.867. The normalized spacial score (nSPS) is 12.2. The van der Waals surface area contributed by atoms with E-state index in [0.717, 1.165) is 18.4 Å². The molecule has 0 amide bonds. The van der Waals surface area contributed by atoms with Crippen molar-refractivity contribution < 1.29 is 13.7 Å². The summed E-state index contributed by atoms with van der Waals surface area (Å²) in [4.78, 5) is 21.5. The van der Waals surface area contributed by atoms with Crippen LogP contribution in [0.5, 0.6) is 0 Å². The van der Waals surface area contributed by atoms with Gasteiger partial charge in [-0.2, -0.15) is 0 Å². The lowest BCUT2D eigenvalue weighted by Crippen LogP contribution is -2.11. The Hall–Kier alpha value is -2.19. The molecule has 0 saturated carbocycles. The number of hydrogen-bond donors (Lipinski definition) is 0. The average Bonchev–Trinajstić information content (AvgIpc) is 3.19. The summed E-state index contributed by atoms with van der Waals surface area (Å²) in [7, 11) is 0.359. The van der Waals surface area contributed by atoms with E-state index >= 15 is 0 Å². The molecule has 0 fully saturated rings. The van der Waals surface area contributed by atoms with Gasteiger partial charge in [0.25, 0.3) is 0 Å². The van der Waals surface area contributed by atoms with Crippen LogP contribution >= 0.6 is 11.8 Å². The summed E-state index contributed by atoms with van der Waals surface area (Å²) in [6, 6.07) is 9.70. The van der Waals surface area contributed by atoms with E-state index in [1.54, 1.807) is 16.8 Å². The molecule has 142 valence electrons.